The van der Waals surface area contributed by atoms with Crippen LogP contribution in [0, 0.1) is 27.2 Å². The van der Waals surface area contributed by atoms with Crippen LogP contribution in [0.25, 0.3) is 0 Å². The van der Waals surface area contributed by atoms with Crippen molar-refractivity contribution in [3.05, 3.63) is 61.5 Å². The van der Waals surface area contributed by atoms with Crippen LogP contribution < -0.4 is 5.62 Å². The average molecular weight is 278 g/mol. The van der Waals surface area contributed by atoms with Crippen LogP contribution in [0.1, 0.15) is 11.4 Å². The monoisotopic (exact) mass is 278 g/mol. The average Bonchev–Trinajstić information content (AvgIpc) is 2.69. The van der Waals surface area contributed by atoms with E-state index >= 15 is 0 Å². The van der Waals surface area contributed by atoms with Gasteiger partial charge in [0.25, 0.3) is 5.69 Å². The Kier molecular flexibility index (Phi) is 3.55. The van der Waals surface area contributed by atoms with E-state index in [4.69, 9.17) is 0 Å². The Labute approximate surface area is 111 Å². The Balaban J connectivity index is 2.30. The number of nitro benzene ring substituents is 1. The predicted molar refractivity (Wildman–Crippen MR) is 66.1 cm³/mol. The fourth-order valence-electron chi connectivity index (χ4n) is 1.65. The Morgan fingerprint density at radius 3 is 2.50 bits per heavy atom. The van der Waals surface area contributed by atoms with Crippen LogP contribution in [-0.4, -0.2) is 24.7 Å². The van der Waals surface area contributed by atoms with E-state index in [0.29, 0.717) is 5.82 Å². The van der Waals surface area contributed by atoms with Gasteiger partial charge in [-0.15, -0.1) is 0 Å². The lowest BCUT2D eigenvalue weighted by Crippen LogP contribution is -2.22. The minimum absolute atomic E-state index is 0.0188. The lowest BCUT2D eigenvalue weighted by Gasteiger charge is -2.01. The Bertz CT molecular complexity index is 714. The summed E-state index contributed by atoms with van der Waals surface area (Å²) in [5, 5.41) is 26.1. The van der Waals surface area contributed by atoms with Crippen LogP contribution in [0.2, 0.25) is 0 Å². The highest BCUT2D eigenvalue weighted by atomic mass is 16.7. The molecule has 0 unspecified atom stereocenters. The highest BCUT2D eigenvalue weighted by Crippen LogP contribution is 2.12. The molecule has 2 rings (SSSR count). The summed E-state index contributed by atoms with van der Waals surface area (Å²) in [6.07, 6.45) is 0. The molecule has 0 fully saturated rings. The zero-order valence-electron chi connectivity index (χ0n) is 10.4. The van der Waals surface area contributed by atoms with Crippen molar-refractivity contribution in [1.82, 2.24) is 14.8 Å². The van der Waals surface area contributed by atoms with Gasteiger partial charge in [-0.1, -0.05) is 12.1 Å². The van der Waals surface area contributed by atoms with Crippen molar-refractivity contribution in [1.29, 1.82) is 0 Å². The lowest BCUT2D eigenvalue weighted by atomic mass is 10.2. The summed E-state index contributed by atoms with van der Waals surface area (Å²) >= 11 is 0. The molecule has 0 aliphatic carbocycles. The van der Waals surface area contributed by atoms with Crippen molar-refractivity contribution < 1.29 is 9.96 Å². The number of hydrogen-bond donors (Lipinski definition) is 1. The second-order valence-corrected chi connectivity index (χ2v) is 3.96. The Morgan fingerprint density at radius 1 is 1.30 bits per heavy atom. The molecule has 0 spiro atoms. The SMILES string of the molecule is Cc1n/c(=N\[N+](=O)[O-])n(Cc2ccc([N+](=O)[O-])cc2)[nH]1. The molecule has 104 valence electrons. The van der Waals surface area contributed by atoms with Gasteiger partial charge in [0.05, 0.1) is 11.5 Å². The second kappa shape index (κ2) is 5.30. The highest BCUT2D eigenvalue weighted by Gasteiger charge is 2.07. The first-order chi connectivity index (χ1) is 9.45. The first-order valence-corrected chi connectivity index (χ1v) is 5.51. The molecule has 0 bridgehead atoms. The first kappa shape index (κ1) is 13.4. The molecule has 1 aromatic heterocycles. The molecule has 10 heteroatoms. The molecule has 0 saturated carbocycles. The van der Waals surface area contributed by atoms with Gasteiger partial charge in [0, 0.05) is 12.1 Å². The van der Waals surface area contributed by atoms with E-state index < -0.39 is 9.96 Å². The molecule has 0 atom stereocenters. The molecular weight excluding hydrogens is 268 g/mol. The molecule has 0 saturated heterocycles. The highest BCUT2D eigenvalue weighted by molar-refractivity contribution is 5.32. The minimum Gasteiger partial charge on any atom is -0.282 e. The summed E-state index contributed by atoms with van der Waals surface area (Å²) < 4.78 is 1.39. The molecule has 1 N–H and O–H groups in total. The number of nitro groups is 2. The van der Waals surface area contributed by atoms with Crippen LogP contribution in [0.15, 0.2) is 29.4 Å². The predicted octanol–water partition coefficient (Wildman–Crippen LogP) is 0.569. The summed E-state index contributed by atoms with van der Waals surface area (Å²) in [5.41, 5.74) is 0.643. The normalized spacial score (nSPS) is 11.6. The van der Waals surface area contributed by atoms with Gasteiger partial charge in [0.15, 0.2) is 5.03 Å². The first-order valence-electron chi connectivity index (χ1n) is 5.51. The number of aromatic nitrogens is 3. The number of H-pyrrole nitrogens is 1. The molecule has 0 aliphatic rings. The van der Waals surface area contributed by atoms with Gasteiger partial charge in [-0.3, -0.25) is 15.2 Å². The number of non-ortho nitro benzene ring substituents is 1. The van der Waals surface area contributed by atoms with E-state index in [0.717, 1.165) is 5.56 Å². The number of rotatable bonds is 4. The maximum absolute atomic E-state index is 10.5. The smallest absolute Gasteiger partial charge is 0.282 e. The molecule has 0 amide bonds. The van der Waals surface area contributed by atoms with Crippen LogP contribution in [0.4, 0.5) is 5.69 Å². The number of aryl methyl sites for hydroxylation is 1. The maximum atomic E-state index is 10.5. The molecule has 1 heterocycles. The van der Waals surface area contributed by atoms with Gasteiger partial charge >= 0.3 is 5.62 Å². The van der Waals surface area contributed by atoms with Gasteiger partial charge in [-0.05, 0) is 12.5 Å². The number of nitrogens with one attached hydrogen (secondary N) is 1. The molecule has 0 aliphatic heterocycles. The molecule has 2 aromatic rings. The van der Waals surface area contributed by atoms with Crippen LogP contribution in [-0.2, 0) is 6.54 Å². The third-order valence-electron chi connectivity index (χ3n) is 2.46. The van der Waals surface area contributed by atoms with Gasteiger partial charge < -0.3 is 0 Å². The number of aromatic amines is 1. The van der Waals surface area contributed by atoms with Crippen molar-refractivity contribution in [2.45, 2.75) is 13.5 Å². The lowest BCUT2D eigenvalue weighted by molar-refractivity contribution is -0.491. The van der Waals surface area contributed by atoms with Crippen LogP contribution in [0.3, 0.4) is 0 Å². The Hall–Kier alpha value is -3.04. The zero-order chi connectivity index (χ0) is 14.7. The van der Waals surface area contributed by atoms with Crippen molar-refractivity contribution in [3.8, 4) is 0 Å². The Morgan fingerprint density at radius 2 is 1.95 bits per heavy atom. The van der Waals surface area contributed by atoms with Gasteiger partial charge in [-0.25, -0.2) is 14.8 Å². The topological polar surface area (TPSA) is 132 Å². The van der Waals surface area contributed by atoms with Crippen LogP contribution >= 0.6 is 0 Å². The molecule has 0 radical (unpaired) electrons. The van der Waals surface area contributed by atoms with E-state index in [1.165, 1.54) is 16.8 Å². The fourth-order valence-corrected chi connectivity index (χ4v) is 1.65. The van der Waals surface area contributed by atoms with Crippen molar-refractivity contribution in [2.75, 3.05) is 0 Å². The van der Waals surface area contributed by atoms with Crippen molar-refractivity contribution in [3.63, 3.8) is 0 Å². The van der Waals surface area contributed by atoms with Gasteiger partial charge in [0.2, 0.25) is 0 Å². The summed E-state index contributed by atoms with van der Waals surface area (Å²) in [4.78, 5) is 24.3. The molecule has 20 heavy (non-hydrogen) atoms. The van der Waals surface area contributed by atoms with E-state index in [9.17, 15) is 20.2 Å². The standard InChI is InChI=1S/C10H10N6O4/c1-7-11-10(13-16(19)20)14(12-7)6-8-2-4-9(5-3-8)15(17)18/h2-5H,6H2,1H3,(H,11,12,13). The quantitative estimate of drug-likeness (QED) is 0.644. The van der Waals surface area contributed by atoms with E-state index in [2.05, 4.69) is 15.2 Å². The van der Waals surface area contributed by atoms with E-state index in [1.807, 2.05) is 0 Å². The minimum atomic E-state index is -0.831. The summed E-state index contributed by atoms with van der Waals surface area (Å²) in [5.74, 6) is 0.479. The van der Waals surface area contributed by atoms with E-state index in [1.54, 1.807) is 19.1 Å². The zero-order valence-corrected chi connectivity index (χ0v) is 10.4. The largest absolute Gasteiger partial charge is 0.318 e. The molecular formula is C10H10N6O4. The van der Waals surface area contributed by atoms with Crippen LogP contribution in [0.5, 0.6) is 0 Å². The van der Waals surface area contributed by atoms with Gasteiger partial charge in [-0.2, -0.15) is 4.98 Å². The molecule has 1 aromatic carbocycles. The number of hydrogen-bond acceptors (Lipinski definition) is 5. The van der Waals surface area contributed by atoms with Crippen molar-refractivity contribution >= 4 is 5.69 Å². The van der Waals surface area contributed by atoms with Gasteiger partial charge in [0.1, 0.15) is 10.9 Å². The fraction of sp³-hybridized carbons (Fsp3) is 0.200. The third-order valence-corrected chi connectivity index (χ3v) is 2.46. The van der Waals surface area contributed by atoms with E-state index in [-0.39, 0.29) is 17.9 Å². The number of benzene rings is 1. The summed E-state index contributed by atoms with van der Waals surface area (Å²) in [6, 6.07) is 5.86. The maximum Gasteiger partial charge on any atom is 0.318 e. The molecule has 10 nitrogen and oxygen atoms in total. The summed E-state index contributed by atoms with van der Waals surface area (Å²) in [6.45, 7) is 1.89. The third kappa shape index (κ3) is 3.04. The second-order valence-electron chi connectivity index (χ2n) is 3.96. The number of nitrogens with zero attached hydrogens (tertiary/aromatic N) is 5. The summed E-state index contributed by atoms with van der Waals surface area (Å²) in [7, 11) is 0. The van der Waals surface area contributed by atoms with Crippen molar-refractivity contribution in [2.24, 2.45) is 5.10 Å².